The second kappa shape index (κ2) is 6.47. The molecule has 138 valence electrons. The van der Waals surface area contributed by atoms with Crippen LogP contribution in [0.3, 0.4) is 0 Å². The molecule has 1 amide bonds. The Kier molecular flexibility index (Phi) is 4.22. The summed E-state index contributed by atoms with van der Waals surface area (Å²) in [5.74, 6) is 2.66. The number of carbonyl (C=O) groups is 1. The standard InChI is InChI=1S/C21H25NO2S2/c23-19(17-2-1-5-25-17)18-4-3-16(26-18)12-22-20(24)21-9-13-6-14(10-21)8-15(7-13)11-21/h1-5,13-15,19,23H,6-12H2,(H,22,24). The van der Waals surface area contributed by atoms with Crippen LogP contribution in [-0.4, -0.2) is 11.0 Å². The highest BCUT2D eigenvalue weighted by Crippen LogP contribution is 2.60. The topological polar surface area (TPSA) is 49.3 Å². The fourth-order valence-corrected chi connectivity index (χ4v) is 7.73. The lowest BCUT2D eigenvalue weighted by atomic mass is 9.49. The van der Waals surface area contributed by atoms with Gasteiger partial charge in [0.05, 0.1) is 6.54 Å². The van der Waals surface area contributed by atoms with Crippen LogP contribution >= 0.6 is 22.7 Å². The fraction of sp³-hybridized carbons (Fsp3) is 0.571. The zero-order chi connectivity index (χ0) is 17.7. The van der Waals surface area contributed by atoms with Crippen molar-refractivity contribution in [1.29, 1.82) is 0 Å². The molecule has 5 heteroatoms. The van der Waals surface area contributed by atoms with Crippen LogP contribution in [0.5, 0.6) is 0 Å². The molecule has 0 aromatic carbocycles. The third kappa shape index (κ3) is 2.94. The monoisotopic (exact) mass is 387 g/mol. The SMILES string of the molecule is O=C(NCc1ccc(C(O)c2cccs2)s1)C12CC3CC(CC(C3)C1)C2. The number of aliphatic hydroxyl groups excluding tert-OH is 1. The number of carbonyl (C=O) groups excluding carboxylic acids is 1. The van der Waals surface area contributed by atoms with E-state index >= 15 is 0 Å². The molecule has 1 unspecified atom stereocenters. The lowest BCUT2D eigenvalue weighted by Gasteiger charge is -2.55. The maximum atomic E-state index is 13.0. The zero-order valence-electron chi connectivity index (χ0n) is 14.8. The molecule has 0 saturated heterocycles. The molecule has 0 aliphatic heterocycles. The van der Waals surface area contributed by atoms with Gasteiger partial charge in [-0.05, 0) is 79.9 Å². The Morgan fingerprint density at radius 3 is 2.42 bits per heavy atom. The van der Waals surface area contributed by atoms with Gasteiger partial charge in [0, 0.05) is 20.0 Å². The van der Waals surface area contributed by atoms with Crippen molar-refractivity contribution in [3.63, 3.8) is 0 Å². The molecule has 4 fully saturated rings. The zero-order valence-corrected chi connectivity index (χ0v) is 16.5. The molecule has 2 aromatic rings. The van der Waals surface area contributed by atoms with Gasteiger partial charge in [-0.15, -0.1) is 22.7 Å². The molecule has 4 bridgehead atoms. The molecular weight excluding hydrogens is 362 g/mol. The van der Waals surface area contributed by atoms with E-state index in [2.05, 4.69) is 5.32 Å². The number of hydrogen-bond acceptors (Lipinski definition) is 4. The molecule has 2 heterocycles. The van der Waals surface area contributed by atoms with Crippen LogP contribution in [0.2, 0.25) is 0 Å². The van der Waals surface area contributed by atoms with E-state index in [1.165, 1.54) is 19.3 Å². The lowest BCUT2D eigenvalue weighted by Crippen LogP contribution is -2.53. The quantitative estimate of drug-likeness (QED) is 0.780. The largest absolute Gasteiger partial charge is 0.382 e. The van der Waals surface area contributed by atoms with Gasteiger partial charge in [-0.2, -0.15) is 0 Å². The summed E-state index contributed by atoms with van der Waals surface area (Å²) in [6.45, 7) is 0.586. The third-order valence-electron chi connectivity index (χ3n) is 6.71. The number of thiophene rings is 2. The minimum atomic E-state index is -0.549. The number of nitrogens with one attached hydrogen (secondary N) is 1. The first kappa shape index (κ1) is 17.0. The summed E-state index contributed by atoms with van der Waals surface area (Å²) in [7, 11) is 0. The van der Waals surface area contributed by atoms with Crippen LogP contribution in [0, 0.1) is 23.2 Å². The van der Waals surface area contributed by atoms with E-state index in [9.17, 15) is 9.90 Å². The molecule has 2 aromatic heterocycles. The van der Waals surface area contributed by atoms with Gasteiger partial charge in [0.1, 0.15) is 6.10 Å². The van der Waals surface area contributed by atoms with Gasteiger partial charge in [-0.1, -0.05) is 6.07 Å². The fourth-order valence-electron chi connectivity index (χ4n) is 5.97. The Hall–Kier alpha value is -1.17. The first-order chi connectivity index (χ1) is 12.6. The van der Waals surface area contributed by atoms with Crippen molar-refractivity contribution in [1.82, 2.24) is 5.32 Å². The smallest absolute Gasteiger partial charge is 0.226 e. The van der Waals surface area contributed by atoms with Crippen LogP contribution in [-0.2, 0) is 11.3 Å². The molecule has 6 rings (SSSR count). The molecule has 3 nitrogen and oxygen atoms in total. The molecule has 0 radical (unpaired) electrons. The summed E-state index contributed by atoms with van der Waals surface area (Å²) >= 11 is 3.17. The van der Waals surface area contributed by atoms with Gasteiger partial charge in [0.25, 0.3) is 0 Å². The van der Waals surface area contributed by atoms with Gasteiger partial charge in [-0.25, -0.2) is 0 Å². The number of hydrogen-bond donors (Lipinski definition) is 2. The second-order valence-corrected chi connectivity index (χ2v) is 10.8. The molecule has 4 aliphatic rings. The Bertz CT molecular complexity index is 760. The van der Waals surface area contributed by atoms with E-state index in [1.54, 1.807) is 22.7 Å². The highest BCUT2D eigenvalue weighted by molar-refractivity contribution is 7.12. The minimum absolute atomic E-state index is 0.0781. The molecule has 1 atom stereocenters. The molecule has 4 aliphatic carbocycles. The van der Waals surface area contributed by atoms with Crippen molar-refractivity contribution < 1.29 is 9.90 Å². The van der Waals surface area contributed by atoms with Gasteiger partial charge >= 0.3 is 0 Å². The van der Waals surface area contributed by atoms with Gasteiger partial charge in [0.15, 0.2) is 0 Å². The first-order valence-corrected chi connectivity index (χ1v) is 11.4. The number of aliphatic hydroxyl groups is 1. The normalized spacial score (nSPS) is 33.3. The Balaban J connectivity index is 1.24. The molecule has 4 saturated carbocycles. The van der Waals surface area contributed by atoms with E-state index < -0.39 is 6.10 Å². The van der Waals surface area contributed by atoms with E-state index in [0.717, 1.165) is 51.6 Å². The number of rotatable bonds is 5. The summed E-state index contributed by atoms with van der Waals surface area (Å²) < 4.78 is 0. The van der Waals surface area contributed by atoms with Crippen molar-refractivity contribution in [3.05, 3.63) is 44.3 Å². The van der Waals surface area contributed by atoms with Crippen molar-refractivity contribution in [2.45, 2.75) is 51.2 Å². The molecular formula is C21H25NO2S2. The van der Waals surface area contributed by atoms with Crippen molar-refractivity contribution in [2.24, 2.45) is 23.2 Å². The Morgan fingerprint density at radius 1 is 1.12 bits per heavy atom. The van der Waals surface area contributed by atoms with Crippen LogP contribution in [0.25, 0.3) is 0 Å². The van der Waals surface area contributed by atoms with Crippen molar-refractivity contribution in [3.8, 4) is 0 Å². The summed E-state index contributed by atoms with van der Waals surface area (Å²) in [5, 5.41) is 15.7. The predicted molar refractivity (Wildman–Crippen MR) is 105 cm³/mol. The number of amides is 1. The summed E-state index contributed by atoms with van der Waals surface area (Å²) in [4.78, 5) is 16.1. The molecule has 26 heavy (non-hydrogen) atoms. The third-order valence-corrected chi connectivity index (χ3v) is 8.77. The molecule has 2 N–H and O–H groups in total. The van der Waals surface area contributed by atoms with Crippen molar-refractivity contribution in [2.75, 3.05) is 0 Å². The van der Waals surface area contributed by atoms with Gasteiger partial charge in [-0.3, -0.25) is 4.79 Å². The van der Waals surface area contributed by atoms with E-state index in [1.807, 2.05) is 29.6 Å². The summed E-state index contributed by atoms with van der Waals surface area (Å²) in [5.41, 5.74) is -0.0781. The summed E-state index contributed by atoms with van der Waals surface area (Å²) in [6, 6.07) is 7.95. The van der Waals surface area contributed by atoms with E-state index in [-0.39, 0.29) is 11.3 Å². The molecule has 0 spiro atoms. The van der Waals surface area contributed by atoms with Gasteiger partial charge < -0.3 is 10.4 Å². The second-order valence-electron chi connectivity index (χ2n) is 8.60. The van der Waals surface area contributed by atoms with E-state index in [0.29, 0.717) is 6.54 Å². The van der Waals surface area contributed by atoms with Crippen LogP contribution in [0.4, 0.5) is 0 Å². The average Bonchev–Trinajstić information content (AvgIpc) is 3.30. The van der Waals surface area contributed by atoms with Crippen LogP contribution < -0.4 is 5.32 Å². The summed E-state index contributed by atoms with van der Waals surface area (Å²) in [6.07, 6.45) is 6.87. The lowest BCUT2D eigenvalue weighted by molar-refractivity contribution is -0.146. The maximum absolute atomic E-state index is 13.0. The van der Waals surface area contributed by atoms with Crippen LogP contribution in [0.15, 0.2) is 29.6 Å². The van der Waals surface area contributed by atoms with Crippen LogP contribution in [0.1, 0.15) is 59.3 Å². The Labute approximate surface area is 162 Å². The van der Waals surface area contributed by atoms with Crippen molar-refractivity contribution >= 4 is 28.6 Å². The first-order valence-electron chi connectivity index (χ1n) is 9.70. The average molecular weight is 388 g/mol. The maximum Gasteiger partial charge on any atom is 0.226 e. The minimum Gasteiger partial charge on any atom is -0.382 e. The Morgan fingerprint density at radius 2 is 1.81 bits per heavy atom. The van der Waals surface area contributed by atoms with Gasteiger partial charge in [0.2, 0.25) is 5.91 Å². The van der Waals surface area contributed by atoms with E-state index in [4.69, 9.17) is 0 Å². The highest BCUT2D eigenvalue weighted by Gasteiger charge is 2.54. The predicted octanol–water partition coefficient (Wildman–Crippen LogP) is 4.72. The highest BCUT2D eigenvalue weighted by atomic mass is 32.1.